The van der Waals surface area contributed by atoms with Crippen molar-refractivity contribution in [3.8, 4) is 0 Å². The molecule has 1 atom stereocenters. The van der Waals surface area contributed by atoms with Gasteiger partial charge in [0.15, 0.2) is 11.1 Å². The third-order valence-electron chi connectivity index (χ3n) is 3.21. The molecule has 0 spiro atoms. The van der Waals surface area contributed by atoms with Gasteiger partial charge < -0.3 is 20.0 Å². The van der Waals surface area contributed by atoms with Crippen molar-refractivity contribution in [1.29, 1.82) is 0 Å². The largest absolute Gasteiger partial charge is 0.464 e. The lowest BCUT2D eigenvalue weighted by Crippen LogP contribution is -2.38. The van der Waals surface area contributed by atoms with Crippen molar-refractivity contribution in [1.82, 2.24) is 15.6 Å². The van der Waals surface area contributed by atoms with Crippen LogP contribution in [-0.4, -0.2) is 31.6 Å². The van der Waals surface area contributed by atoms with Gasteiger partial charge in [0.1, 0.15) is 11.5 Å². The summed E-state index contributed by atoms with van der Waals surface area (Å²) in [5.41, 5.74) is 0.970. The van der Waals surface area contributed by atoms with E-state index in [2.05, 4.69) is 27.5 Å². The first-order valence-corrected chi connectivity index (χ1v) is 8.60. The number of guanidine groups is 1. The molecule has 0 saturated carbocycles. The number of hydrogen-bond donors (Lipinski definition) is 2. The first kappa shape index (κ1) is 20.8. The van der Waals surface area contributed by atoms with E-state index in [-0.39, 0.29) is 30.0 Å². The van der Waals surface area contributed by atoms with Crippen LogP contribution < -0.4 is 15.5 Å². The summed E-state index contributed by atoms with van der Waals surface area (Å²) in [4.78, 5) is 11.2. The number of aromatic nitrogens is 1. The van der Waals surface area contributed by atoms with E-state index in [9.17, 15) is 0 Å². The molecule has 1 unspecified atom stereocenters. The second-order valence-corrected chi connectivity index (χ2v) is 6.36. The van der Waals surface area contributed by atoms with Gasteiger partial charge in [-0.15, -0.1) is 35.3 Å². The lowest BCUT2D eigenvalue weighted by Gasteiger charge is -2.16. The fraction of sp³-hybridized carbons (Fsp3) is 0.500. The van der Waals surface area contributed by atoms with Crippen molar-refractivity contribution < 1.29 is 4.42 Å². The van der Waals surface area contributed by atoms with Gasteiger partial charge in [0.05, 0.1) is 18.3 Å². The molecule has 0 saturated heterocycles. The summed E-state index contributed by atoms with van der Waals surface area (Å²) in [7, 11) is 3.98. The van der Waals surface area contributed by atoms with Crippen LogP contribution in [0.15, 0.2) is 26.9 Å². The molecule has 0 aliphatic heterocycles. The van der Waals surface area contributed by atoms with Crippen LogP contribution in [0.2, 0.25) is 0 Å². The lowest BCUT2D eigenvalue weighted by atomic mass is 10.2. The van der Waals surface area contributed by atoms with Gasteiger partial charge in [-0.1, -0.05) is 0 Å². The number of rotatable bonds is 6. The molecule has 2 heterocycles. The van der Waals surface area contributed by atoms with Gasteiger partial charge in [0, 0.05) is 26.0 Å². The van der Waals surface area contributed by atoms with Crippen molar-refractivity contribution in [3.05, 3.63) is 34.7 Å². The van der Waals surface area contributed by atoms with E-state index >= 15 is 0 Å². The van der Waals surface area contributed by atoms with E-state index in [1.165, 1.54) is 0 Å². The Kier molecular flexibility index (Phi) is 8.54. The molecule has 0 bridgehead atoms. The average Bonchev–Trinajstić information content (AvgIpc) is 3.14. The summed E-state index contributed by atoms with van der Waals surface area (Å²) in [5.74, 6) is 2.57. The number of nitrogens with zero attached hydrogens (tertiary/aromatic N) is 3. The molecular weight excluding hydrogens is 437 g/mol. The van der Waals surface area contributed by atoms with Crippen molar-refractivity contribution >= 4 is 46.4 Å². The molecule has 0 aliphatic rings. The predicted molar refractivity (Wildman–Crippen MR) is 112 cm³/mol. The SMILES string of the molecule is CCNC(=NCc1csc(N(C)C)n1)NC(C)c1ccc(C)o1.I. The van der Waals surface area contributed by atoms with Crippen LogP contribution in [0.5, 0.6) is 0 Å². The van der Waals surface area contributed by atoms with Crippen LogP contribution in [-0.2, 0) is 6.54 Å². The third kappa shape index (κ3) is 5.97. The van der Waals surface area contributed by atoms with Crippen molar-refractivity contribution in [2.75, 3.05) is 25.5 Å². The maximum Gasteiger partial charge on any atom is 0.192 e. The van der Waals surface area contributed by atoms with E-state index in [0.717, 1.165) is 34.9 Å². The zero-order chi connectivity index (χ0) is 16.8. The van der Waals surface area contributed by atoms with Gasteiger partial charge >= 0.3 is 0 Å². The van der Waals surface area contributed by atoms with Crippen molar-refractivity contribution in [2.45, 2.75) is 33.4 Å². The molecule has 134 valence electrons. The van der Waals surface area contributed by atoms with Gasteiger partial charge in [0.2, 0.25) is 0 Å². The van der Waals surface area contributed by atoms with Crippen LogP contribution in [0, 0.1) is 6.92 Å². The Bertz CT molecular complexity index is 652. The molecule has 8 heteroatoms. The molecule has 0 amide bonds. The van der Waals surface area contributed by atoms with Gasteiger partial charge in [-0.05, 0) is 32.9 Å². The minimum atomic E-state index is 0. The molecule has 0 fully saturated rings. The molecule has 2 N–H and O–H groups in total. The van der Waals surface area contributed by atoms with Crippen LogP contribution in [0.1, 0.15) is 37.1 Å². The zero-order valence-electron chi connectivity index (χ0n) is 14.8. The highest BCUT2D eigenvalue weighted by molar-refractivity contribution is 14.0. The Hall–Kier alpha value is -1.29. The van der Waals surface area contributed by atoms with Crippen molar-refractivity contribution in [2.24, 2.45) is 4.99 Å². The third-order valence-corrected chi connectivity index (χ3v) is 4.26. The molecule has 2 aromatic rings. The molecule has 0 aliphatic carbocycles. The van der Waals surface area contributed by atoms with Gasteiger partial charge in [-0.2, -0.15) is 0 Å². The van der Waals surface area contributed by atoms with Crippen LogP contribution >= 0.6 is 35.3 Å². The Balaban J connectivity index is 0.00000288. The normalized spacial score (nSPS) is 12.5. The maximum atomic E-state index is 5.66. The number of aliphatic imine (C=N–C) groups is 1. The Morgan fingerprint density at radius 2 is 2.17 bits per heavy atom. The Morgan fingerprint density at radius 3 is 2.71 bits per heavy atom. The highest BCUT2D eigenvalue weighted by Gasteiger charge is 2.11. The molecule has 0 aromatic carbocycles. The molecular formula is C16H26IN5OS. The highest BCUT2D eigenvalue weighted by Crippen LogP contribution is 2.18. The molecule has 6 nitrogen and oxygen atoms in total. The van der Waals surface area contributed by atoms with E-state index < -0.39 is 0 Å². The summed E-state index contributed by atoms with van der Waals surface area (Å²) in [6, 6.07) is 4.00. The number of hydrogen-bond acceptors (Lipinski definition) is 5. The summed E-state index contributed by atoms with van der Waals surface area (Å²) in [6.07, 6.45) is 0. The fourth-order valence-corrected chi connectivity index (χ4v) is 2.77. The van der Waals surface area contributed by atoms with Gasteiger partial charge in [-0.25, -0.2) is 9.98 Å². The number of halogens is 1. The zero-order valence-corrected chi connectivity index (χ0v) is 17.9. The number of nitrogens with one attached hydrogen (secondary N) is 2. The highest BCUT2D eigenvalue weighted by atomic mass is 127. The maximum absolute atomic E-state index is 5.66. The summed E-state index contributed by atoms with van der Waals surface area (Å²) < 4.78 is 5.66. The first-order valence-electron chi connectivity index (χ1n) is 7.72. The standard InChI is InChI=1S/C16H25N5OS.HI/c1-6-17-15(19-12(3)14-8-7-11(2)22-14)18-9-13-10-23-16(20-13)21(4)5;/h7-8,10,12H,6,9H2,1-5H3,(H2,17,18,19);1H. The first-order chi connectivity index (χ1) is 11.0. The van der Waals surface area contributed by atoms with Crippen LogP contribution in [0.25, 0.3) is 0 Å². The van der Waals surface area contributed by atoms with E-state index in [1.807, 2.05) is 50.4 Å². The number of anilines is 1. The smallest absolute Gasteiger partial charge is 0.192 e. The van der Waals surface area contributed by atoms with Gasteiger partial charge in [0.25, 0.3) is 0 Å². The minimum Gasteiger partial charge on any atom is -0.464 e. The summed E-state index contributed by atoms with van der Waals surface area (Å²) >= 11 is 1.63. The van der Waals surface area contributed by atoms with Crippen molar-refractivity contribution in [3.63, 3.8) is 0 Å². The van der Waals surface area contributed by atoms with E-state index in [0.29, 0.717) is 6.54 Å². The molecule has 0 radical (unpaired) electrons. The summed E-state index contributed by atoms with van der Waals surface area (Å²) in [5, 5.41) is 9.65. The number of aryl methyl sites for hydroxylation is 1. The average molecular weight is 463 g/mol. The monoisotopic (exact) mass is 463 g/mol. The second kappa shape index (κ2) is 9.87. The predicted octanol–water partition coefficient (Wildman–Crippen LogP) is 3.54. The molecule has 24 heavy (non-hydrogen) atoms. The van der Waals surface area contributed by atoms with E-state index in [1.54, 1.807) is 11.3 Å². The number of furan rings is 1. The Labute approximate surface area is 164 Å². The molecule has 2 aromatic heterocycles. The topological polar surface area (TPSA) is 65.7 Å². The van der Waals surface area contributed by atoms with Crippen LogP contribution in [0.3, 0.4) is 0 Å². The van der Waals surface area contributed by atoms with E-state index in [4.69, 9.17) is 4.42 Å². The second-order valence-electron chi connectivity index (χ2n) is 5.53. The summed E-state index contributed by atoms with van der Waals surface area (Å²) in [6.45, 7) is 7.39. The quantitative estimate of drug-likeness (QED) is 0.390. The van der Waals surface area contributed by atoms with Gasteiger partial charge in [-0.3, -0.25) is 0 Å². The Morgan fingerprint density at radius 1 is 1.42 bits per heavy atom. The number of thiazole rings is 1. The minimum absolute atomic E-state index is 0. The fourth-order valence-electron chi connectivity index (χ4n) is 2.02. The van der Waals surface area contributed by atoms with Crippen LogP contribution in [0.4, 0.5) is 5.13 Å². The molecule has 2 rings (SSSR count). The lowest BCUT2D eigenvalue weighted by molar-refractivity contribution is 0.441.